The largest absolute Gasteiger partial charge is 0.354 e. The van der Waals surface area contributed by atoms with Crippen LogP contribution in [0.2, 0.25) is 0 Å². The lowest BCUT2D eigenvalue weighted by molar-refractivity contribution is -0.125. The van der Waals surface area contributed by atoms with Gasteiger partial charge in [0.15, 0.2) is 0 Å². The number of amides is 1. The fourth-order valence-corrected chi connectivity index (χ4v) is 2.66. The summed E-state index contributed by atoms with van der Waals surface area (Å²) in [6, 6.07) is 8.82. The molecule has 1 aromatic carbocycles. The average molecular weight is 311 g/mol. The molecule has 1 aliphatic heterocycles. The zero-order valence-electron chi connectivity index (χ0n) is 13.2. The molecule has 4 heteroatoms. The summed E-state index contributed by atoms with van der Waals surface area (Å²) < 4.78 is 0. The summed E-state index contributed by atoms with van der Waals surface area (Å²) in [6.07, 6.45) is 3.40. The molecule has 0 aliphatic carbocycles. The number of nitrogens with one attached hydrogen (secondary N) is 2. The number of hydrogen-bond donors (Lipinski definition) is 2. The number of rotatable bonds is 5. The van der Waals surface area contributed by atoms with Crippen LogP contribution < -0.4 is 10.6 Å². The molecule has 1 fully saturated rings. The van der Waals surface area contributed by atoms with Gasteiger partial charge in [-0.15, -0.1) is 12.4 Å². The van der Waals surface area contributed by atoms with Crippen molar-refractivity contribution in [3.05, 3.63) is 35.4 Å². The molecular formula is C17H27ClN2O. The molecule has 0 bridgehead atoms. The fourth-order valence-electron chi connectivity index (χ4n) is 2.66. The van der Waals surface area contributed by atoms with Gasteiger partial charge in [-0.3, -0.25) is 4.79 Å². The Bertz CT molecular complexity index is 450. The number of benzene rings is 1. The quantitative estimate of drug-likeness (QED) is 0.878. The fraction of sp³-hybridized carbons (Fsp3) is 0.588. The Morgan fingerprint density at radius 1 is 1.33 bits per heavy atom. The van der Waals surface area contributed by atoms with Crippen LogP contribution in [0.4, 0.5) is 0 Å². The number of halogens is 1. The van der Waals surface area contributed by atoms with Crippen molar-refractivity contribution in [3.63, 3.8) is 0 Å². The molecule has 1 amide bonds. The van der Waals surface area contributed by atoms with Gasteiger partial charge in [0.25, 0.3) is 0 Å². The van der Waals surface area contributed by atoms with Gasteiger partial charge in [0.05, 0.1) is 5.41 Å². The second kappa shape index (κ2) is 7.81. The summed E-state index contributed by atoms with van der Waals surface area (Å²) in [4.78, 5) is 12.4. The van der Waals surface area contributed by atoms with E-state index in [1.54, 1.807) is 0 Å². The van der Waals surface area contributed by atoms with E-state index in [0.717, 1.165) is 31.5 Å². The van der Waals surface area contributed by atoms with Gasteiger partial charge in [-0.05, 0) is 50.8 Å². The number of hydrogen-bond acceptors (Lipinski definition) is 2. The maximum atomic E-state index is 12.4. The summed E-state index contributed by atoms with van der Waals surface area (Å²) in [6.45, 7) is 7.93. The topological polar surface area (TPSA) is 41.1 Å². The zero-order chi connectivity index (χ0) is 14.6. The lowest BCUT2D eigenvalue weighted by Crippen LogP contribution is -2.45. The van der Waals surface area contributed by atoms with E-state index in [-0.39, 0.29) is 18.3 Å². The molecule has 1 saturated heterocycles. The highest BCUT2D eigenvalue weighted by Gasteiger charge is 2.30. The van der Waals surface area contributed by atoms with Crippen LogP contribution in [0, 0.1) is 0 Å². The summed E-state index contributed by atoms with van der Waals surface area (Å²) in [7, 11) is 0. The van der Waals surface area contributed by atoms with Crippen LogP contribution in [-0.4, -0.2) is 25.0 Å². The summed E-state index contributed by atoms with van der Waals surface area (Å²) >= 11 is 0. The molecule has 1 heterocycles. The molecule has 0 spiro atoms. The Morgan fingerprint density at radius 2 is 2.00 bits per heavy atom. The van der Waals surface area contributed by atoms with Crippen molar-refractivity contribution in [1.29, 1.82) is 0 Å². The minimum Gasteiger partial charge on any atom is -0.354 e. The first kappa shape index (κ1) is 18.0. The SMILES string of the molecule is CCc1ccc(C(C)(C)C(=O)NCC2CCCN2)cc1.Cl. The second-order valence-electron chi connectivity index (χ2n) is 6.18. The predicted octanol–water partition coefficient (Wildman–Crippen LogP) is 2.82. The molecule has 2 N–H and O–H groups in total. The molecule has 21 heavy (non-hydrogen) atoms. The van der Waals surface area contributed by atoms with Gasteiger partial charge in [0.2, 0.25) is 5.91 Å². The van der Waals surface area contributed by atoms with Gasteiger partial charge in [-0.2, -0.15) is 0 Å². The lowest BCUT2D eigenvalue weighted by Gasteiger charge is -2.25. The molecule has 0 radical (unpaired) electrons. The van der Waals surface area contributed by atoms with E-state index < -0.39 is 5.41 Å². The third-order valence-corrected chi connectivity index (χ3v) is 4.32. The molecule has 118 valence electrons. The molecule has 1 atom stereocenters. The highest BCUT2D eigenvalue weighted by Crippen LogP contribution is 2.24. The van der Waals surface area contributed by atoms with Crippen LogP contribution in [0.3, 0.4) is 0 Å². The van der Waals surface area contributed by atoms with Crippen molar-refractivity contribution >= 4 is 18.3 Å². The molecule has 3 nitrogen and oxygen atoms in total. The molecule has 0 aromatic heterocycles. The highest BCUT2D eigenvalue weighted by atomic mass is 35.5. The van der Waals surface area contributed by atoms with E-state index in [9.17, 15) is 4.79 Å². The van der Waals surface area contributed by atoms with E-state index in [2.05, 4.69) is 41.8 Å². The molecule has 0 saturated carbocycles. The summed E-state index contributed by atoms with van der Waals surface area (Å²) in [5, 5.41) is 6.49. The number of carbonyl (C=O) groups excluding carboxylic acids is 1. The van der Waals surface area contributed by atoms with Crippen LogP contribution in [-0.2, 0) is 16.6 Å². The average Bonchev–Trinajstić information content (AvgIpc) is 2.98. The third-order valence-electron chi connectivity index (χ3n) is 4.32. The Kier molecular flexibility index (Phi) is 6.69. The van der Waals surface area contributed by atoms with Gasteiger partial charge >= 0.3 is 0 Å². The van der Waals surface area contributed by atoms with E-state index in [1.165, 1.54) is 12.0 Å². The van der Waals surface area contributed by atoms with Crippen molar-refractivity contribution in [2.45, 2.75) is 51.5 Å². The molecule has 2 rings (SSSR count). The number of carbonyl (C=O) groups is 1. The predicted molar refractivity (Wildman–Crippen MR) is 90.1 cm³/mol. The van der Waals surface area contributed by atoms with Crippen molar-refractivity contribution in [3.8, 4) is 0 Å². The van der Waals surface area contributed by atoms with Gasteiger partial charge in [-0.1, -0.05) is 31.2 Å². The van der Waals surface area contributed by atoms with Crippen molar-refractivity contribution in [2.75, 3.05) is 13.1 Å². The summed E-state index contributed by atoms with van der Waals surface area (Å²) in [5.74, 6) is 0.107. The Hall–Kier alpha value is -1.06. The van der Waals surface area contributed by atoms with Crippen LogP contribution >= 0.6 is 12.4 Å². The third kappa shape index (κ3) is 4.45. The monoisotopic (exact) mass is 310 g/mol. The van der Waals surface area contributed by atoms with Gasteiger partial charge in [-0.25, -0.2) is 0 Å². The highest BCUT2D eigenvalue weighted by molar-refractivity contribution is 5.87. The Balaban J connectivity index is 0.00000220. The molecule has 1 unspecified atom stereocenters. The maximum absolute atomic E-state index is 12.4. The first-order valence-electron chi connectivity index (χ1n) is 7.65. The Morgan fingerprint density at radius 3 is 2.52 bits per heavy atom. The van der Waals surface area contributed by atoms with Crippen molar-refractivity contribution < 1.29 is 4.79 Å². The van der Waals surface area contributed by atoms with Crippen molar-refractivity contribution in [2.24, 2.45) is 0 Å². The van der Waals surface area contributed by atoms with Gasteiger partial charge in [0, 0.05) is 12.6 Å². The second-order valence-corrected chi connectivity index (χ2v) is 6.18. The molecular weight excluding hydrogens is 284 g/mol. The van der Waals surface area contributed by atoms with Crippen LogP contribution in [0.5, 0.6) is 0 Å². The number of aryl methyl sites for hydroxylation is 1. The van der Waals surface area contributed by atoms with Gasteiger partial charge < -0.3 is 10.6 Å². The van der Waals surface area contributed by atoms with Crippen LogP contribution in [0.1, 0.15) is 44.7 Å². The minimum absolute atomic E-state index is 0. The van der Waals surface area contributed by atoms with E-state index >= 15 is 0 Å². The lowest BCUT2D eigenvalue weighted by atomic mass is 9.83. The van der Waals surface area contributed by atoms with E-state index in [4.69, 9.17) is 0 Å². The molecule has 1 aromatic rings. The standard InChI is InChI=1S/C17H26N2O.ClH/c1-4-13-7-9-14(10-8-13)17(2,3)16(20)19-12-15-6-5-11-18-15;/h7-10,15,18H,4-6,11-12H2,1-3H3,(H,19,20);1H. The first-order chi connectivity index (χ1) is 9.54. The smallest absolute Gasteiger partial charge is 0.230 e. The zero-order valence-corrected chi connectivity index (χ0v) is 14.1. The van der Waals surface area contributed by atoms with Crippen LogP contribution in [0.15, 0.2) is 24.3 Å². The van der Waals surface area contributed by atoms with E-state index in [0.29, 0.717) is 6.04 Å². The Labute approximate surface area is 134 Å². The van der Waals surface area contributed by atoms with Crippen molar-refractivity contribution in [1.82, 2.24) is 10.6 Å². The van der Waals surface area contributed by atoms with Gasteiger partial charge in [0.1, 0.15) is 0 Å². The van der Waals surface area contributed by atoms with Crippen LogP contribution in [0.25, 0.3) is 0 Å². The summed E-state index contributed by atoms with van der Waals surface area (Å²) in [5.41, 5.74) is 1.90. The first-order valence-corrected chi connectivity index (χ1v) is 7.65. The minimum atomic E-state index is -0.481. The van der Waals surface area contributed by atoms with E-state index in [1.807, 2.05) is 13.8 Å². The molecule has 1 aliphatic rings. The maximum Gasteiger partial charge on any atom is 0.230 e. The normalized spacial score (nSPS) is 18.1.